The van der Waals surface area contributed by atoms with Crippen molar-refractivity contribution in [1.82, 2.24) is 5.32 Å². The summed E-state index contributed by atoms with van der Waals surface area (Å²) in [5.41, 5.74) is 5.52. The van der Waals surface area contributed by atoms with Crippen molar-refractivity contribution in [3.8, 4) is 0 Å². The van der Waals surface area contributed by atoms with Crippen LogP contribution in [0.3, 0.4) is 0 Å². The lowest BCUT2D eigenvalue weighted by atomic mass is 10.1. The van der Waals surface area contributed by atoms with Crippen LogP contribution in [0.1, 0.15) is 45.4 Å². The van der Waals surface area contributed by atoms with Gasteiger partial charge in [0.2, 0.25) is 0 Å². The highest BCUT2D eigenvalue weighted by Crippen LogP contribution is 2.09. The predicted molar refractivity (Wildman–Crippen MR) is 56.8 cm³/mol. The second kappa shape index (κ2) is 5.84. The number of aliphatic imine (C=N–C) groups is 1. The Hall–Kier alpha value is -0.730. The molecule has 0 aromatic heterocycles. The SMILES string of the molecule is CCCCCCCC1CN=C(N)N1. The quantitative estimate of drug-likeness (QED) is 0.615. The average molecular weight is 183 g/mol. The molecule has 0 aromatic carbocycles. The fraction of sp³-hybridized carbons (Fsp3) is 0.900. The normalized spacial score (nSPS) is 21.3. The van der Waals surface area contributed by atoms with Crippen molar-refractivity contribution in [2.45, 2.75) is 51.5 Å². The smallest absolute Gasteiger partial charge is 0.188 e. The van der Waals surface area contributed by atoms with E-state index >= 15 is 0 Å². The number of nitrogens with two attached hydrogens (primary N) is 1. The fourth-order valence-corrected chi connectivity index (χ4v) is 1.67. The van der Waals surface area contributed by atoms with Gasteiger partial charge in [-0.15, -0.1) is 0 Å². The van der Waals surface area contributed by atoms with Crippen molar-refractivity contribution in [3.05, 3.63) is 0 Å². The maximum atomic E-state index is 5.52. The number of hydrogen-bond donors (Lipinski definition) is 2. The molecule has 1 aliphatic rings. The minimum absolute atomic E-state index is 0.515. The summed E-state index contributed by atoms with van der Waals surface area (Å²) in [5, 5.41) is 3.17. The Morgan fingerprint density at radius 3 is 2.77 bits per heavy atom. The monoisotopic (exact) mass is 183 g/mol. The summed E-state index contributed by atoms with van der Waals surface area (Å²) in [5.74, 6) is 0.624. The minimum Gasteiger partial charge on any atom is -0.370 e. The minimum atomic E-state index is 0.515. The second-order valence-electron chi connectivity index (χ2n) is 3.77. The number of nitrogens with one attached hydrogen (secondary N) is 1. The van der Waals surface area contributed by atoms with Gasteiger partial charge in [0.05, 0.1) is 6.54 Å². The molecule has 1 atom stereocenters. The summed E-state index contributed by atoms with van der Waals surface area (Å²) >= 11 is 0. The van der Waals surface area contributed by atoms with E-state index in [0.717, 1.165) is 6.54 Å². The van der Waals surface area contributed by atoms with Gasteiger partial charge >= 0.3 is 0 Å². The van der Waals surface area contributed by atoms with E-state index in [4.69, 9.17) is 5.73 Å². The zero-order valence-corrected chi connectivity index (χ0v) is 8.55. The van der Waals surface area contributed by atoms with Gasteiger partial charge in [-0.3, -0.25) is 4.99 Å². The topological polar surface area (TPSA) is 50.4 Å². The summed E-state index contributed by atoms with van der Waals surface area (Å²) in [6, 6.07) is 0.515. The standard InChI is InChI=1S/C10H21N3/c1-2-3-4-5-6-7-9-8-12-10(11)13-9/h9H,2-8H2,1H3,(H3,11,12,13). The molecule has 3 nitrogen and oxygen atoms in total. The van der Waals surface area contributed by atoms with Crippen LogP contribution >= 0.6 is 0 Å². The van der Waals surface area contributed by atoms with Crippen molar-refractivity contribution in [3.63, 3.8) is 0 Å². The Balaban J connectivity index is 1.90. The van der Waals surface area contributed by atoms with Crippen LogP contribution in [0.5, 0.6) is 0 Å². The van der Waals surface area contributed by atoms with E-state index in [1.165, 1.54) is 38.5 Å². The third-order valence-electron chi connectivity index (χ3n) is 2.49. The molecule has 1 heterocycles. The van der Waals surface area contributed by atoms with Crippen LogP contribution in [0, 0.1) is 0 Å². The molecule has 0 fully saturated rings. The van der Waals surface area contributed by atoms with Gasteiger partial charge in [0.15, 0.2) is 5.96 Å². The molecule has 1 rings (SSSR count). The van der Waals surface area contributed by atoms with Crippen molar-refractivity contribution in [2.75, 3.05) is 6.54 Å². The number of guanidine groups is 1. The molecule has 0 saturated heterocycles. The first-order valence-electron chi connectivity index (χ1n) is 5.39. The molecule has 3 N–H and O–H groups in total. The first-order valence-corrected chi connectivity index (χ1v) is 5.39. The van der Waals surface area contributed by atoms with Crippen LogP contribution in [-0.2, 0) is 0 Å². The second-order valence-corrected chi connectivity index (χ2v) is 3.77. The van der Waals surface area contributed by atoms with E-state index in [9.17, 15) is 0 Å². The van der Waals surface area contributed by atoms with Gasteiger partial charge in [-0.2, -0.15) is 0 Å². The summed E-state index contributed by atoms with van der Waals surface area (Å²) in [6.07, 6.45) is 7.94. The highest BCUT2D eigenvalue weighted by molar-refractivity contribution is 5.79. The number of unbranched alkanes of at least 4 members (excludes halogenated alkanes) is 4. The highest BCUT2D eigenvalue weighted by atomic mass is 15.2. The van der Waals surface area contributed by atoms with Crippen LogP contribution in [0.4, 0.5) is 0 Å². The molecule has 1 unspecified atom stereocenters. The molecule has 0 bridgehead atoms. The molecule has 0 spiro atoms. The summed E-state index contributed by atoms with van der Waals surface area (Å²) in [7, 11) is 0. The van der Waals surface area contributed by atoms with Crippen LogP contribution in [0.15, 0.2) is 4.99 Å². The molecule has 0 aliphatic carbocycles. The maximum absolute atomic E-state index is 5.52. The number of rotatable bonds is 6. The van der Waals surface area contributed by atoms with Crippen molar-refractivity contribution >= 4 is 5.96 Å². The molecule has 0 saturated carbocycles. The third kappa shape index (κ3) is 4.15. The van der Waals surface area contributed by atoms with E-state index in [2.05, 4.69) is 17.2 Å². The summed E-state index contributed by atoms with van der Waals surface area (Å²) in [4.78, 5) is 4.12. The Labute approximate surface area is 80.8 Å². The Kier molecular flexibility index (Phi) is 4.65. The van der Waals surface area contributed by atoms with Gasteiger partial charge in [0.1, 0.15) is 0 Å². The molecule has 13 heavy (non-hydrogen) atoms. The van der Waals surface area contributed by atoms with E-state index in [1.807, 2.05) is 0 Å². The third-order valence-corrected chi connectivity index (χ3v) is 2.49. The molecule has 0 radical (unpaired) electrons. The van der Waals surface area contributed by atoms with E-state index < -0.39 is 0 Å². The Bertz CT molecular complexity index is 166. The van der Waals surface area contributed by atoms with E-state index in [1.54, 1.807) is 0 Å². The number of hydrogen-bond acceptors (Lipinski definition) is 3. The molecule has 76 valence electrons. The zero-order chi connectivity index (χ0) is 9.52. The van der Waals surface area contributed by atoms with E-state index in [0.29, 0.717) is 12.0 Å². The van der Waals surface area contributed by atoms with Gasteiger partial charge in [-0.25, -0.2) is 0 Å². The lowest BCUT2D eigenvalue weighted by molar-refractivity contribution is 0.533. The van der Waals surface area contributed by atoms with Crippen molar-refractivity contribution in [2.24, 2.45) is 10.7 Å². The molecule has 3 heteroatoms. The van der Waals surface area contributed by atoms with Gasteiger partial charge in [-0.1, -0.05) is 39.0 Å². The van der Waals surface area contributed by atoms with Gasteiger partial charge in [0.25, 0.3) is 0 Å². The van der Waals surface area contributed by atoms with Gasteiger partial charge < -0.3 is 11.1 Å². The van der Waals surface area contributed by atoms with Crippen molar-refractivity contribution < 1.29 is 0 Å². The molecule has 0 amide bonds. The van der Waals surface area contributed by atoms with Crippen LogP contribution < -0.4 is 11.1 Å². The molecule has 1 aliphatic heterocycles. The molecular formula is C10H21N3. The Morgan fingerprint density at radius 1 is 1.38 bits per heavy atom. The first-order chi connectivity index (χ1) is 6.33. The maximum Gasteiger partial charge on any atom is 0.188 e. The fourth-order valence-electron chi connectivity index (χ4n) is 1.67. The van der Waals surface area contributed by atoms with Gasteiger partial charge in [-0.05, 0) is 6.42 Å². The largest absolute Gasteiger partial charge is 0.370 e. The van der Waals surface area contributed by atoms with Gasteiger partial charge in [0, 0.05) is 6.04 Å². The van der Waals surface area contributed by atoms with Crippen molar-refractivity contribution in [1.29, 1.82) is 0 Å². The lowest BCUT2D eigenvalue weighted by Crippen LogP contribution is -2.34. The van der Waals surface area contributed by atoms with Crippen LogP contribution in [-0.4, -0.2) is 18.5 Å². The summed E-state index contributed by atoms with van der Waals surface area (Å²) < 4.78 is 0. The van der Waals surface area contributed by atoms with Crippen LogP contribution in [0.25, 0.3) is 0 Å². The van der Waals surface area contributed by atoms with E-state index in [-0.39, 0.29) is 0 Å². The highest BCUT2D eigenvalue weighted by Gasteiger charge is 2.13. The Morgan fingerprint density at radius 2 is 2.15 bits per heavy atom. The number of nitrogens with zero attached hydrogens (tertiary/aromatic N) is 1. The zero-order valence-electron chi connectivity index (χ0n) is 8.55. The molecular weight excluding hydrogens is 162 g/mol. The lowest BCUT2D eigenvalue weighted by Gasteiger charge is -2.09. The first kappa shape index (κ1) is 10.4. The predicted octanol–water partition coefficient (Wildman–Crippen LogP) is 1.63. The summed E-state index contributed by atoms with van der Waals surface area (Å²) in [6.45, 7) is 3.12. The van der Waals surface area contributed by atoms with Crippen LogP contribution in [0.2, 0.25) is 0 Å². The average Bonchev–Trinajstić information content (AvgIpc) is 2.51. The molecule has 0 aromatic rings.